The highest BCUT2D eigenvalue weighted by Crippen LogP contribution is 2.27. The second-order valence-corrected chi connectivity index (χ2v) is 11.8. The molecule has 2 unspecified atom stereocenters. The normalized spacial score (nSPS) is 12.7. The molecule has 0 saturated carbocycles. The van der Waals surface area contributed by atoms with Gasteiger partial charge in [-0.05, 0) is 85.7 Å². The van der Waals surface area contributed by atoms with Crippen molar-refractivity contribution in [2.75, 3.05) is 23.9 Å². The molecule has 0 saturated heterocycles. The van der Waals surface area contributed by atoms with Gasteiger partial charge in [0.1, 0.15) is 17.7 Å². The number of carbonyl (C=O) groups excluding carboxylic acids is 3. The van der Waals surface area contributed by atoms with Gasteiger partial charge in [0.2, 0.25) is 5.91 Å². The molecule has 0 aliphatic carbocycles. The Kier molecular flexibility index (Phi) is 11.4. The first-order valence-electron chi connectivity index (χ1n) is 13.9. The van der Waals surface area contributed by atoms with Crippen LogP contribution in [0, 0.1) is 0 Å². The summed E-state index contributed by atoms with van der Waals surface area (Å²) in [6, 6.07) is 19.3. The number of carbonyl (C=O) groups is 3. The standard InChI is InChI=1S/C33H41N3O4S/c1-7-19-36(31(38)28(18-20-41-6)35-32(39)40-33(3,4)5)29(26-15-11-12-23(8-2)21-26)30(37)34-27-17-16-24-13-9-10-14-25(24)22-27/h8-17,21-22,28-29H,2,7,18-20H2,1,3-6H3,(H,34,37)(H,35,39). The molecule has 0 aliphatic heterocycles. The van der Waals surface area contributed by atoms with E-state index in [2.05, 4.69) is 17.2 Å². The quantitative estimate of drug-likeness (QED) is 0.242. The molecule has 0 aromatic heterocycles. The zero-order valence-electron chi connectivity index (χ0n) is 24.6. The van der Waals surface area contributed by atoms with E-state index in [9.17, 15) is 14.4 Å². The van der Waals surface area contributed by atoms with Crippen LogP contribution < -0.4 is 10.6 Å². The van der Waals surface area contributed by atoms with E-state index in [1.165, 1.54) is 0 Å². The highest BCUT2D eigenvalue weighted by atomic mass is 32.2. The third-order valence-electron chi connectivity index (χ3n) is 6.39. The summed E-state index contributed by atoms with van der Waals surface area (Å²) in [6.07, 6.45) is 4.00. The third kappa shape index (κ3) is 9.11. The van der Waals surface area contributed by atoms with Crippen molar-refractivity contribution in [1.29, 1.82) is 0 Å². The fraction of sp³-hybridized carbons (Fsp3) is 0.364. The molecular formula is C33H41N3O4S. The largest absolute Gasteiger partial charge is 0.444 e. The van der Waals surface area contributed by atoms with Gasteiger partial charge in [-0.1, -0.05) is 68.1 Å². The first-order chi connectivity index (χ1) is 19.6. The highest BCUT2D eigenvalue weighted by Gasteiger charge is 2.36. The number of nitrogens with zero attached hydrogens (tertiary/aromatic N) is 1. The summed E-state index contributed by atoms with van der Waals surface area (Å²) in [6.45, 7) is 11.5. The van der Waals surface area contributed by atoms with Crippen LogP contribution in [0.4, 0.5) is 10.5 Å². The van der Waals surface area contributed by atoms with Crippen LogP contribution >= 0.6 is 11.8 Å². The Morgan fingerprint density at radius 3 is 2.41 bits per heavy atom. The van der Waals surface area contributed by atoms with Crippen molar-refractivity contribution in [2.45, 2.75) is 58.2 Å². The maximum absolute atomic E-state index is 14.2. The molecule has 3 aromatic rings. The van der Waals surface area contributed by atoms with Gasteiger partial charge < -0.3 is 20.3 Å². The van der Waals surface area contributed by atoms with Crippen molar-refractivity contribution in [3.05, 3.63) is 84.4 Å². The minimum absolute atomic E-state index is 0.318. The highest BCUT2D eigenvalue weighted by molar-refractivity contribution is 7.98. The maximum Gasteiger partial charge on any atom is 0.408 e. The van der Waals surface area contributed by atoms with Gasteiger partial charge in [-0.15, -0.1) is 0 Å². The maximum atomic E-state index is 14.2. The van der Waals surface area contributed by atoms with Crippen molar-refractivity contribution in [2.24, 2.45) is 0 Å². The summed E-state index contributed by atoms with van der Waals surface area (Å²) >= 11 is 1.58. The van der Waals surface area contributed by atoms with Crippen molar-refractivity contribution in [3.63, 3.8) is 0 Å². The Labute approximate surface area is 247 Å². The lowest BCUT2D eigenvalue weighted by atomic mass is 9.99. The van der Waals surface area contributed by atoms with Gasteiger partial charge in [-0.2, -0.15) is 11.8 Å². The van der Waals surface area contributed by atoms with Crippen LogP contribution in [0.1, 0.15) is 57.7 Å². The number of alkyl carbamates (subject to hydrolysis) is 1. The van der Waals surface area contributed by atoms with Crippen molar-refractivity contribution in [3.8, 4) is 0 Å². The van der Waals surface area contributed by atoms with Crippen LogP contribution in [0.15, 0.2) is 73.3 Å². The predicted molar refractivity (Wildman–Crippen MR) is 170 cm³/mol. The van der Waals surface area contributed by atoms with E-state index in [0.29, 0.717) is 36.4 Å². The van der Waals surface area contributed by atoms with Crippen LogP contribution in [0.5, 0.6) is 0 Å². The Bertz CT molecular complexity index is 1370. The van der Waals surface area contributed by atoms with Crippen molar-refractivity contribution in [1.82, 2.24) is 10.2 Å². The van der Waals surface area contributed by atoms with Crippen LogP contribution in [0.2, 0.25) is 0 Å². The third-order valence-corrected chi connectivity index (χ3v) is 7.03. The zero-order chi connectivity index (χ0) is 30.0. The smallest absolute Gasteiger partial charge is 0.408 e. The van der Waals surface area contributed by atoms with Crippen LogP contribution in [0.3, 0.4) is 0 Å². The fourth-order valence-corrected chi connectivity index (χ4v) is 5.03. The minimum Gasteiger partial charge on any atom is -0.444 e. The topological polar surface area (TPSA) is 87.7 Å². The summed E-state index contributed by atoms with van der Waals surface area (Å²) in [7, 11) is 0. The van der Waals surface area contributed by atoms with Gasteiger partial charge in [0.25, 0.3) is 5.91 Å². The van der Waals surface area contributed by atoms with Gasteiger partial charge >= 0.3 is 6.09 Å². The molecule has 0 aliphatic rings. The summed E-state index contributed by atoms with van der Waals surface area (Å²) in [5.74, 6) is -0.0369. The summed E-state index contributed by atoms with van der Waals surface area (Å²) in [5, 5.41) is 7.87. The number of benzene rings is 3. The molecule has 0 fully saturated rings. The molecule has 0 bridgehead atoms. The number of fused-ring (bicyclic) bond motifs is 1. The Balaban J connectivity index is 2.01. The number of hydrogen-bond donors (Lipinski definition) is 2. The first-order valence-corrected chi connectivity index (χ1v) is 15.3. The van der Waals surface area contributed by atoms with Crippen molar-refractivity contribution < 1.29 is 19.1 Å². The molecular weight excluding hydrogens is 534 g/mol. The molecule has 3 amide bonds. The lowest BCUT2D eigenvalue weighted by Gasteiger charge is -2.34. The lowest BCUT2D eigenvalue weighted by Crippen LogP contribution is -2.52. The second kappa shape index (κ2) is 14.7. The number of nitrogens with one attached hydrogen (secondary N) is 2. The van der Waals surface area contributed by atoms with E-state index in [-0.39, 0.29) is 11.8 Å². The first kappa shape index (κ1) is 31.7. The molecule has 7 nitrogen and oxygen atoms in total. The van der Waals surface area contributed by atoms with E-state index in [0.717, 1.165) is 16.3 Å². The zero-order valence-corrected chi connectivity index (χ0v) is 25.4. The fourth-order valence-electron chi connectivity index (χ4n) is 4.56. The average Bonchev–Trinajstić information content (AvgIpc) is 2.93. The number of anilines is 1. The molecule has 0 spiro atoms. The number of hydrogen-bond acceptors (Lipinski definition) is 5. The summed E-state index contributed by atoms with van der Waals surface area (Å²) in [5.41, 5.74) is 1.41. The predicted octanol–water partition coefficient (Wildman–Crippen LogP) is 7.05. The Hall–Kier alpha value is -3.78. The molecule has 41 heavy (non-hydrogen) atoms. The SMILES string of the molecule is C=Cc1cccc(C(C(=O)Nc2ccc3ccccc3c2)N(CCC)C(=O)C(CCSC)NC(=O)OC(C)(C)C)c1. The molecule has 2 atom stereocenters. The lowest BCUT2D eigenvalue weighted by molar-refractivity contribution is -0.140. The van der Waals surface area contributed by atoms with Gasteiger partial charge in [0.15, 0.2) is 0 Å². The van der Waals surface area contributed by atoms with Crippen LogP contribution in [-0.4, -0.2) is 53.0 Å². The molecule has 3 aromatic carbocycles. The van der Waals surface area contributed by atoms with E-state index < -0.39 is 23.8 Å². The molecule has 0 heterocycles. The number of rotatable bonds is 12. The summed E-state index contributed by atoms with van der Waals surface area (Å²) in [4.78, 5) is 42.5. The van der Waals surface area contributed by atoms with Crippen LogP contribution in [0.25, 0.3) is 16.8 Å². The van der Waals surface area contributed by atoms with Crippen LogP contribution in [-0.2, 0) is 14.3 Å². The van der Waals surface area contributed by atoms with E-state index in [1.807, 2.05) is 79.9 Å². The molecule has 8 heteroatoms. The number of thioether (sulfide) groups is 1. The average molecular weight is 576 g/mol. The van der Waals surface area contributed by atoms with E-state index in [4.69, 9.17) is 4.74 Å². The molecule has 0 radical (unpaired) electrons. The summed E-state index contributed by atoms with van der Waals surface area (Å²) < 4.78 is 5.46. The number of amides is 3. The van der Waals surface area contributed by atoms with Gasteiger partial charge in [0, 0.05) is 12.2 Å². The van der Waals surface area contributed by atoms with Gasteiger partial charge in [-0.25, -0.2) is 4.79 Å². The van der Waals surface area contributed by atoms with Gasteiger partial charge in [-0.3, -0.25) is 9.59 Å². The minimum atomic E-state index is -0.939. The van der Waals surface area contributed by atoms with Gasteiger partial charge in [0.05, 0.1) is 0 Å². The monoisotopic (exact) mass is 575 g/mol. The molecule has 2 N–H and O–H groups in total. The van der Waals surface area contributed by atoms with Crippen molar-refractivity contribution >= 4 is 52.2 Å². The van der Waals surface area contributed by atoms with E-state index in [1.54, 1.807) is 43.5 Å². The second-order valence-electron chi connectivity index (χ2n) is 10.8. The number of ether oxygens (including phenoxy) is 1. The molecule has 3 rings (SSSR count). The van der Waals surface area contributed by atoms with E-state index >= 15 is 0 Å². The molecule has 218 valence electrons. The Morgan fingerprint density at radius 2 is 1.76 bits per heavy atom. The Morgan fingerprint density at radius 1 is 1.02 bits per heavy atom.